The number of nitrogens with one attached hydrogen (secondary N) is 2. The maximum absolute atomic E-state index is 15.8. The molecule has 0 spiro atoms. The summed E-state index contributed by atoms with van der Waals surface area (Å²) in [7, 11) is 0. The first-order valence-corrected chi connectivity index (χ1v) is 14.3. The number of pyridine rings is 1. The number of amides is 1. The highest BCUT2D eigenvalue weighted by Crippen LogP contribution is 2.40. The lowest BCUT2D eigenvalue weighted by atomic mass is 9.87. The monoisotopic (exact) mass is 570 g/mol. The van der Waals surface area contributed by atoms with Crippen LogP contribution in [0, 0.1) is 5.82 Å². The molecular weight excluding hydrogens is 539 g/mol. The van der Waals surface area contributed by atoms with Gasteiger partial charge in [0.25, 0.3) is 11.5 Å². The van der Waals surface area contributed by atoms with Gasteiger partial charge in [-0.05, 0) is 49.2 Å². The zero-order valence-corrected chi connectivity index (χ0v) is 22.9. The molecule has 3 aliphatic rings. The Hall–Kier alpha value is -4.55. The topological polar surface area (TPSA) is 133 Å². The first kappa shape index (κ1) is 26.4. The minimum atomic E-state index is -0.641. The number of carbonyl (C=O) groups is 1. The van der Waals surface area contributed by atoms with Crippen molar-refractivity contribution >= 4 is 17.9 Å². The number of ether oxygens (including phenoxy) is 1. The van der Waals surface area contributed by atoms with E-state index in [4.69, 9.17) is 10.5 Å². The molecule has 12 heteroatoms. The molecule has 3 aromatic heterocycles. The van der Waals surface area contributed by atoms with Gasteiger partial charge in [-0.3, -0.25) is 14.3 Å². The van der Waals surface area contributed by atoms with Gasteiger partial charge in [-0.25, -0.2) is 14.1 Å². The van der Waals surface area contributed by atoms with Crippen molar-refractivity contribution in [2.75, 3.05) is 11.9 Å². The highest BCUT2D eigenvalue weighted by Gasteiger charge is 2.31. The van der Waals surface area contributed by atoms with E-state index >= 15 is 4.39 Å². The Morgan fingerprint density at radius 1 is 1.12 bits per heavy atom. The second-order valence-corrected chi connectivity index (χ2v) is 10.9. The molecule has 7 rings (SSSR count). The van der Waals surface area contributed by atoms with E-state index in [-0.39, 0.29) is 17.9 Å². The molecule has 1 saturated carbocycles. The minimum Gasteiger partial charge on any atom is -0.373 e. The molecule has 0 radical (unpaired) electrons. The molecule has 0 bridgehead atoms. The summed E-state index contributed by atoms with van der Waals surface area (Å²) >= 11 is 0. The molecule has 4 N–H and O–H groups in total. The average Bonchev–Trinajstić information content (AvgIpc) is 3.54. The van der Waals surface area contributed by atoms with Crippen molar-refractivity contribution in [1.29, 1.82) is 0 Å². The van der Waals surface area contributed by atoms with Gasteiger partial charge in [-0.15, -0.1) is 0 Å². The largest absolute Gasteiger partial charge is 0.373 e. The number of fused-ring (bicyclic) bond motifs is 2. The molecule has 11 nitrogen and oxygen atoms in total. The van der Waals surface area contributed by atoms with Crippen molar-refractivity contribution in [3.63, 3.8) is 0 Å². The van der Waals surface area contributed by atoms with Gasteiger partial charge in [0.1, 0.15) is 23.9 Å². The number of halogens is 1. The number of nitrogens with two attached hydrogens (primary N) is 1. The quantitative estimate of drug-likeness (QED) is 0.334. The predicted octanol–water partition coefficient (Wildman–Crippen LogP) is 3.82. The molecule has 216 valence electrons. The number of rotatable bonds is 5. The highest BCUT2D eigenvalue weighted by atomic mass is 19.1. The predicted molar refractivity (Wildman–Crippen MR) is 155 cm³/mol. The summed E-state index contributed by atoms with van der Waals surface area (Å²) in [6.07, 6.45) is 8.27. The molecular formula is C30H31FN8O3. The lowest BCUT2D eigenvalue weighted by Gasteiger charge is -2.25. The van der Waals surface area contributed by atoms with Gasteiger partial charge in [0, 0.05) is 34.6 Å². The van der Waals surface area contributed by atoms with E-state index in [1.165, 1.54) is 17.2 Å². The fraction of sp³-hybridized carbons (Fsp3) is 0.333. The van der Waals surface area contributed by atoms with Crippen LogP contribution in [0.5, 0.6) is 0 Å². The zero-order chi connectivity index (χ0) is 28.8. The van der Waals surface area contributed by atoms with Crippen LogP contribution in [-0.4, -0.2) is 37.9 Å². The Balaban J connectivity index is 1.22. The number of anilines is 1. The number of nitrogens with zero attached hydrogens (tertiary/aromatic N) is 5. The highest BCUT2D eigenvalue weighted by molar-refractivity contribution is 6.05. The fourth-order valence-electron chi connectivity index (χ4n) is 6.35. The molecule has 1 fully saturated rings. The first-order valence-electron chi connectivity index (χ1n) is 14.3. The number of aromatic nitrogens is 4. The van der Waals surface area contributed by atoms with Crippen LogP contribution in [0.1, 0.15) is 71.6 Å². The van der Waals surface area contributed by atoms with Crippen LogP contribution >= 0.6 is 0 Å². The number of hydrogen-bond donors (Lipinski definition) is 3. The van der Waals surface area contributed by atoms with Crippen LogP contribution in [0.4, 0.5) is 10.1 Å². The zero-order valence-electron chi connectivity index (χ0n) is 22.9. The molecule has 4 aromatic rings. The van der Waals surface area contributed by atoms with E-state index in [1.807, 2.05) is 10.7 Å². The van der Waals surface area contributed by atoms with Gasteiger partial charge >= 0.3 is 0 Å². The summed E-state index contributed by atoms with van der Waals surface area (Å²) in [5.74, 6) is -0.424. The van der Waals surface area contributed by atoms with E-state index in [1.54, 1.807) is 47.5 Å². The lowest BCUT2D eigenvalue weighted by Crippen LogP contribution is -2.33. The minimum absolute atomic E-state index is 0.0571. The summed E-state index contributed by atoms with van der Waals surface area (Å²) in [4.78, 5) is 31.2. The van der Waals surface area contributed by atoms with Gasteiger partial charge in [-0.1, -0.05) is 25.3 Å². The lowest BCUT2D eigenvalue weighted by molar-refractivity contribution is 0.0755. The molecule has 42 heavy (non-hydrogen) atoms. The number of benzene rings is 1. The van der Waals surface area contributed by atoms with Crippen LogP contribution in [0.2, 0.25) is 0 Å². The van der Waals surface area contributed by atoms with Crippen molar-refractivity contribution in [2.24, 2.45) is 10.8 Å². The molecule has 1 amide bonds. The van der Waals surface area contributed by atoms with Crippen LogP contribution in [-0.2, 0) is 17.9 Å². The van der Waals surface area contributed by atoms with Crippen molar-refractivity contribution in [3.8, 4) is 16.9 Å². The van der Waals surface area contributed by atoms with Crippen LogP contribution in [0.25, 0.3) is 16.9 Å². The Morgan fingerprint density at radius 3 is 2.76 bits per heavy atom. The second-order valence-electron chi connectivity index (χ2n) is 10.9. The van der Waals surface area contributed by atoms with Gasteiger partial charge in [-0.2, -0.15) is 9.78 Å². The Bertz CT molecular complexity index is 1750. The van der Waals surface area contributed by atoms with E-state index in [0.29, 0.717) is 47.4 Å². The van der Waals surface area contributed by atoms with E-state index in [2.05, 4.69) is 20.7 Å². The maximum Gasteiger partial charge on any atom is 0.286 e. The van der Waals surface area contributed by atoms with Crippen molar-refractivity contribution in [1.82, 2.24) is 24.3 Å². The summed E-state index contributed by atoms with van der Waals surface area (Å²) in [6, 6.07) is 11.7. The SMILES string of the molecule is NC1NC=Nn2c(C3CCCCC3)cc(-c3ccc(NC(=O)c4c5n(n(-c6ccccn6)c4=O)CCOC5)cc3F)c21. The molecule has 1 aromatic carbocycles. The Labute approximate surface area is 240 Å². The first-order chi connectivity index (χ1) is 20.5. The second kappa shape index (κ2) is 10.7. The van der Waals surface area contributed by atoms with Crippen molar-refractivity contribution in [3.05, 3.63) is 87.5 Å². The normalized spacial score (nSPS) is 18.3. The third-order valence-corrected chi connectivity index (χ3v) is 8.33. The summed E-state index contributed by atoms with van der Waals surface area (Å²) in [6.45, 7) is 0.896. The maximum atomic E-state index is 15.8. The fourth-order valence-corrected chi connectivity index (χ4v) is 6.35. The van der Waals surface area contributed by atoms with Crippen LogP contribution in [0.15, 0.2) is 58.6 Å². The van der Waals surface area contributed by atoms with E-state index < -0.39 is 23.4 Å². The van der Waals surface area contributed by atoms with E-state index in [0.717, 1.165) is 31.4 Å². The van der Waals surface area contributed by atoms with Crippen molar-refractivity contribution in [2.45, 2.75) is 57.3 Å². The van der Waals surface area contributed by atoms with E-state index in [9.17, 15) is 9.59 Å². The van der Waals surface area contributed by atoms with Crippen LogP contribution < -0.4 is 21.9 Å². The standard InChI is InChI=1S/C30H31FN8O3/c31-22-14-19(36-29(40)26-24-16-42-13-12-37(24)39(30(26)41)25-8-4-5-11-33-25)9-10-20(22)21-15-23(18-6-2-1-3-7-18)38-27(21)28(32)34-17-35-38/h4-5,8-11,14-15,17-18,28H,1-3,6-7,12-13,16,32H2,(H,34,35)(H,36,40). The number of carbonyl (C=O) groups excluding carboxylic acids is 1. The van der Waals surface area contributed by atoms with Crippen LogP contribution in [0.3, 0.4) is 0 Å². The summed E-state index contributed by atoms with van der Waals surface area (Å²) in [5, 5.41) is 10.3. The molecule has 5 heterocycles. The Morgan fingerprint density at radius 2 is 1.98 bits per heavy atom. The molecule has 1 unspecified atom stereocenters. The number of hydrogen-bond acceptors (Lipinski definition) is 7. The van der Waals surface area contributed by atoms with Gasteiger partial charge in [0.05, 0.1) is 31.1 Å². The Kier molecular flexibility index (Phi) is 6.71. The van der Waals surface area contributed by atoms with Crippen molar-refractivity contribution < 1.29 is 13.9 Å². The average molecular weight is 571 g/mol. The third-order valence-electron chi connectivity index (χ3n) is 8.33. The van der Waals surface area contributed by atoms with Gasteiger partial charge < -0.3 is 21.1 Å². The molecule has 2 aliphatic heterocycles. The molecule has 1 aliphatic carbocycles. The molecule has 1 atom stereocenters. The smallest absolute Gasteiger partial charge is 0.286 e. The summed E-state index contributed by atoms with van der Waals surface area (Å²) in [5.41, 5.74) is 9.27. The van der Waals surface area contributed by atoms with Gasteiger partial charge in [0.2, 0.25) is 0 Å². The third kappa shape index (κ3) is 4.43. The molecule has 0 saturated heterocycles. The summed E-state index contributed by atoms with van der Waals surface area (Å²) < 4.78 is 26.3. The van der Waals surface area contributed by atoms with Gasteiger partial charge in [0.15, 0.2) is 5.82 Å².